The van der Waals surface area contributed by atoms with Gasteiger partial charge in [0.25, 0.3) is 0 Å². The third-order valence-corrected chi connectivity index (χ3v) is 1.86. The summed E-state index contributed by atoms with van der Waals surface area (Å²) in [6.45, 7) is 8.33. The fourth-order valence-corrected chi connectivity index (χ4v) is 0.663. The molecule has 2 nitrogen and oxygen atoms in total. The Morgan fingerprint density at radius 3 is 2.18 bits per heavy atom. The maximum absolute atomic E-state index is 9.59. The van der Waals surface area contributed by atoms with Crippen LogP contribution in [0.25, 0.3) is 0 Å². The molecule has 1 radical (unpaired) electrons. The molecule has 0 aromatic heterocycles. The Labute approximate surface area is 102 Å². The van der Waals surface area contributed by atoms with Gasteiger partial charge in [-0.1, -0.05) is 6.92 Å². The predicted octanol–water partition coefficient (Wildman–Crippen LogP) is 1.63. The van der Waals surface area contributed by atoms with Crippen LogP contribution < -0.4 is 0 Å². The first-order valence-corrected chi connectivity index (χ1v) is 3.78. The van der Waals surface area contributed by atoms with Crippen LogP contribution in [0.3, 0.4) is 0 Å². The van der Waals surface area contributed by atoms with Gasteiger partial charge in [0.2, 0.25) is 0 Å². The zero-order valence-electron chi connectivity index (χ0n) is 7.76. The predicted molar refractivity (Wildman–Crippen MR) is 44.6 cm³/mol. The van der Waals surface area contributed by atoms with Crippen LogP contribution in [0.1, 0.15) is 34.1 Å². The minimum absolute atomic E-state index is 0. The first-order chi connectivity index (χ1) is 4.54. The van der Waals surface area contributed by atoms with Gasteiger partial charge in [0.1, 0.15) is 0 Å². The van der Waals surface area contributed by atoms with Crippen LogP contribution in [0.15, 0.2) is 4.99 Å². The molecule has 0 heterocycles. The van der Waals surface area contributed by atoms with Gasteiger partial charge in [-0.3, -0.25) is 4.99 Å². The Morgan fingerprint density at radius 2 is 1.91 bits per heavy atom. The van der Waals surface area contributed by atoms with Gasteiger partial charge in [-0.15, -0.1) is 0 Å². The smallest absolute Gasteiger partial charge is 0.0988 e. The van der Waals surface area contributed by atoms with Crippen molar-refractivity contribution in [1.29, 1.82) is 0 Å². The molecular formula is C8H17NOPm. The summed E-state index contributed by atoms with van der Waals surface area (Å²) in [5.41, 5.74) is 0.133. The van der Waals surface area contributed by atoms with E-state index in [9.17, 15) is 5.11 Å². The van der Waals surface area contributed by atoms with E-state index < -0.39 is 5.60 Å². The Hall–Kier alpha value is 0.968. The fraction of sp³-hybridized carbons (Fsp3) is 0.875. The number of aliphatic hydroxyl groups is 1. The number of hydrogen-bond donors (Lipinski definition) is 1. The molecule has 0 aromatic carbocycles. The Balaban J connectivity index is 0. The summed E-state index contributed by atoms with van der Waals surface area (Å²) in [5, 5.41) is 9.59. The van der Waals surface area contributed by atoms with Crippen molar-refractivity contribution >= 4 is 5.71 Å². The topological polar surface area (TPSA) is 32.6 Å². The minimum atomic E-state index is -0.698. The summed E-state index contributed by atoms with van der Waals surface area (Å²) >= 11 is 0. The van der Waals surface area contributed by atoms with Crippen LogP contribution in [0.2, 0.25) is 0 Å². The number of rotatable bonds is 3. The standard InChI is InChI=1S/C8H17NO.Pm/c1-5-8(4,10)7(3)9-6-2;/h10H,5-6H2,1-4H3;. The third kappa shape index (κ3) is 5.25. The summed E-state index contributed by atoms with van der Waals surface area (Å²) in [7, 11) is 0. The molecule has 0 bridgehead atoms. The van der Waals surface area contributed by atoms with Gasteiger partial charge < -0.3 is 5.11 Å². The van der Waals surface area contributed by atoms with E-state index >= 15 is 0 Å². The minimum Gasteiger partial charge on any atom is -0.384 e. The summed E-state index contributed by atoms with van der Waals surface area (Å²) < 4.78 is 0. The van der Waals surface area contributed by atoms with E-state index in [-0.39, 0.29) is 40.4 Å². The van der Waals surface area contributed by atoms with E-state index in [1.165, 1.54) is 0 Å². The second-order valence-corrected chi connectivity index (χ2v) is 2.69. The molecule has 1 atom stereocenters. The molecule has 0 saturated carbocycles. The van der Waals surface area contributed by atoms with E-state index in [1.807, 2.05) is 20.8 Å². The van der Waals surface area contributed by atoms with Gasteiger partial charge in [-0.05, 0) is 27.2 Å². The van der Waals surface area contributed by atoms with Crippen molar-refractivity contribution in [2.24, 2.45) is 4.99 Å². The van der Waals surface area contributed by atoms with Gasteiger partial charge >= 0.3 is 0 Å². The molecule has 1 N–H and O–H groups in total. The van der Waals surface area contributed by atoms with Crippen LogP contribution in [-0.2, 0) is 0 Å². The van der Waals surface area contributed by atoms with Gasteiger partial charge in [0.15, 0.2) is 0 Å². The second-order valence-electron chi connectivity index (χ2n) is 2.69. The van der Waals surface area contributed by atoms with Crippen molar-refractivity contribution in [3.8, 4) is 0 Å². The van der Waals surface area contributed by atoms with Crippen molar-refractivity contribution in [2.75, 3.05) is 6.54 Å². The summed E-state index contributed by atoms with van der Waals surface area (Å²) in [6.07, 6.45) is 0.725. The number of aliphatic imine (C=N–C) groups is 1. The van der Waals surface area contributed by atoms with Crippen LogP contribution in [0.4, 0.5) is 0 Å². The monoisotopic (exact) mass is 288 g/mol. The quantitative estimate of drug-likeness (QED) is 0.787. The summed E-state index contributed by atoms with van der Waals surface area (Å²) in [5.74, 6) is 0. The zero-order chi connectivity index (χ0) is 8.20. The molecule has 1 unspecified atom stereocenters. The maximum atomic E-state index is 9.59. The molecule has 0 fully saturated rings. The Kier molecular flexibility index (Phi) is 8.54. The molecule has 0 aliphatic heterocycles. The largest absolute Gasteiger partial charge is 0.384 e. The average molecular weight is 288 g/mol. The van der Waals surface area contributed by atoms with E-state index in [1.54, 1.807) is 6.92 Å². The molecule has 65 valence electrons. The van der Waals surface area contributed by atoms with Crippen LogP contribution in [0.5, 0.6) is 0 Å². The van der Waals surface area contributed by atoms with Crippen molar-refractivity contribution in [3.63, 3.8) is 0 Å². The SMILES string of the molecule is CCN=C(C)C(C)(O)CC.[Pm]. The van der Waals surface area contributed by atoms with Crippen LogP contribution >= 0.6 is 0 Å². The molecule has 0 saturated heterocycles. The van der Waals surface area contributed by atoms with E-state index in [4.69, 9.17) is 0 Å². The van der Waals surface area contributed by atoms with Gasteiger partial charge in [0, 0.05) is 52.6 Å². The molecule has 11 heavy (non-hydrogen) atoms. The third-order valence-electron chi connectivity index (χ3n) is 1.86. The van der Waals surface area contributed by atoms with Gasteiger partial charge in [-0.25, -0.2) is 0 Å². The van der Waals surface area contributed by atoms with E-state index in [2.05, 4.69) is 4.99 Å². The summed E-state index contributed by atoms with van der Waals surface area (Å²) in [6, 6.07) is 0. The van der Waals surface area contributed by atoms with Crippen LogP contribution in [-0.4, -0.2) is 23.0 Å². The summed E-state index contributed by atoms with van der Waals surface area (Å²) in [4.78, 5) is 4.13. The second kappa shape index (κ2) is 6.48. The van der Waals surface area contributed by atoms with Gasteiger partial charge in [-0.2, -0.15) is 0 Å². The fourth-order valence-electron chi connectivity index (χ4n) is 0.663. The van der Waals surface area contributed by atoms with Gasteiger partial charge in [0.05, 0.1) is 5.60 Å². The van der Waals surface area contributed by atoms with Crippen molar-refractivity contribution < 1.29 is 45.5 Å². The van der Waals surface area contributed by atoms with Crippen LogP contribution in [0, 0.1) is 40.4 Å². The number of nitrogens with zero attached hydrogens (tertiary/aromatic N) is 1. The van der Waals surface area contributed by atoms with Crippen molar-refractivity contribution in [1.82, 2.24) is 0 Å². The van der Waals surface area contributed by atoms with Crippen molar-refractivity contribution in [2.45, 2.75) is 39.7 Å². The molecular weight excluding hydrogens is 271 g/mol. The normalized spacial score (nSPS) is 17.0. The molecule has 0 aromatic rings. The zero-order valence-corrected chi connectivity index (χ0v) is 10.6. The number of hydrogen-bond acceptors (Lipinski definition) is 2. The van der Waals surface area contributed by atoms with Crippen molar-refractivity contribution in [3.05, 3.63) is 0 Å². The first kappa shape index (κ1) is 14.5. The Bertz CT molecular complexity index is 132. The molecule has 3 heteroatoms. The molecule has 0 spiro atoms. The molecule has 0 rings (SSSR count). The average Bonchev–Trinajstić information content (AvgIpc) is 1.89. The van der Waals surface area contributed by atoms with E-state index in [0.717, 1.165) is 18.7 Å². The first-order valence-electron chi connectivity index (χ1n) is 3.78. The molecule has 0 aliphatic carbocycles. The molecule has 0 amide bonds. The maximum Gasteiger partial charge on any atom is 0.0988 e. The van der Waals surface area contributed by atoms with E-state index in [0.29, 0.717) is 0 Å². The molecule has 0 aliphatic rings. The Morgan fingerprint density at radius 1 is 1.45 bits per heavy atom.